The Hall–Kier alpha value is -2.32. The highest BCUT2D eigenvalue weighted by Crippen LogP contribution is 2.20. The van der Waals surface area contributed by atoms with Crippen LogP contribution in [0.2, 0.25) is 0 Å². The molecule has 0 radical (unpaired) electrons. The van der Waals surface area contributed by atoms with E-state index in [4.69, 9.17) is 13.3 Å². The predicted octanol–water partition coefficient (Wildman–Crippen LogP) is 3.31. The summed E-state index contributed by atoms with van der Waals surface area (Å²) in [5.41, 5.74) is 1.27. The number of nitrogens with zero attached hydrogens (tertiary/aromatic N) is 2. The molecule has 0 aliphatic rings. The molecule has 1 unspecified atom stereocenters. The summed E-state index contributed by atoms with van der Waals surface area (Å²) in [5, 5.41) is 17.4. The third kappa shape index (κ3) is 3.44. The average molecular weight is 210 g/mol. The maximum absolute atomic E-state index is 8.97. The van der Waals surface area contributed by atoms with Crippen LogP contribution in [0.3, 0.4) is 0 Å². The lowest BCUT2D eigenvalue weighted by molar-refractivity contribution is 0.862. The van der Waals surface area contributed by atoms with Crippen molar-refractivity contribution in [1.29, 1.82) is 10.5 Å². The van der Waals surface area contributed by atoms with Crippen LogP contribution in [0.25, 0.3) is 5.57 Å². The van der Waals surface area contributed by atoms with Crippen molar-refractivity contribution in [3.8, 4) is 12.1 Å². The second-order valence-corrected chi connectivity index (χ2v) is 3.27. The third-order valence-corrected chi connectivity index (χ3v) is 2.12. The van der Waals surface area contributed by atoms with E-state index in [9.17, 15) is 0 Å². The van der Waals surface area contributed by atoms with Crippen LogP contribution in [-0.4, -0.2) is 0 Å². The highest BCUT2D eigenvalue weighted by Gasteiger charge is 2.06. The zero-order valence-corrected chi connectivity index (χ0v) is 8.72. The van der Waals surface area contributed by atoms with Gasteiger partial charge in [-0.1, -0.05) is 42.9 Å². The predicted molar refractivity (Wildman–Crippen MR) is 63.9 cm³/mol. The van der Waals surface area contributed by atoms with Gasteiger partial charge in [-0.3, -0.25) is 0 Å². The zero-order valence-electron chi connectivity index (χ0n) is 10.7. The minimum absolute atomic E-state index is 0.265. The molecule has 1 atom stereocenters. The van der Waals surface area contributed by atoms with Gasteiger partial charge in [0.25, 0.3) is 0 Å². The Morgan fingerprint density at radius 3 is 2.75 bits per heavy atom. The lowest BCUT2D eigenvalue weighted by atomic mass is 9.96. The van der Waals surface area contributed by atoms with Crippen molar-refractivity contribution in [2.45, 2.75) is 6.42 Å². The van der Waals surface area contributed by atoms with Crippen molar-refractivity contribution >= 4 is 5.57 Å². The fourth-order valence-electron chi connectivity index (χ4n) is 1.29. The maximum Gasteiger partial charge on any atom is 0.0909 e. The van der Waals surface area contributed by atoms with E-state index in [0.717, 1.165) is 5.56 Å². The Kier molecular flexibility index (Phi) is 3.48. The fourth-order valence-corrected chi connectivity index (χ4v) is 1.29. The van der Waals surface area contributed by atoms with E-state index >= 15 is 0 Å². The van der Waals surface area contributed by atoms with Gasteiger partial charge < -0.3 is 0 Å². The molecule has 1 aromatic carbocycles. The van der Waals surface area contributed by atoms with Crippen LogP contribution in [0.4, 0.5) is 0 Å². The molecule has 1 rings (SSSR count). The Morgan fingerprint density at radius 1 is 1.44 bits per heavy atom. The summed E-state index contributed by atoms with van der Waals surface area (Å²) in [4.78, 5) is 0. The molecule has 16 heavy (non-hydrogen) atoms. The topological polar surface area (TPSA) is 47.6 Å². The Bertz CT molecular complexity index is 529. The molecule has 0 aliphatic carbocycles. The van der Waals surface area contributed by atoms with E-state index in [1.807, 2.05) is 24.3 Å². The smallest absolute Gasteiger partial charge is 0.0909 e. The molecule has 0 saturated heterocycles. The number of allylic oxidation sites excluding steroid dienone is 3. The average Bonchev–Trinajstić information content (AvgIpc) is 2.39. The van der Waals surface area contributed by atoms with Crippen LogP contribution in [0.5, 0.6) is 0 Å². The Labute approximate surface area is 98.6 Å². The van der Waals surface area contributed by atoms with E-state index in [1.165, 1.54) is 12.2 Å². The first-order valence-corrected chi connectivity index (χ1v) is 4.86. The van der Waals surface area contributed by atoms with Crippen molar-refractivity contribution in [3.63, 3.8) is 0 Å². The summed E-state index contributed by atoms with van der Waals surface area (Å²) in [6, 6.07) is 13.0. The second-order valence-electron chi connectivity index (χ2n) is 3.27. The van der Waals surface area contributed by atoms with Gasteiger partial charge in [0, 0.05) is 6.08 Å². The summed E-state index contributed by atoms with van der Waals surface area (Å²) in [6.45, 7) is -0.299. The van der Waals surface area contributed by atoms with Crippen LogP contribution < -0.4 is 0 Å². The molecule has 2 heteroatoms. The molecule has 78 valence electrons. The number of nitriles is 2. The van der Waals surface area contributed by atoms with Crippen molar-refractivity contribution in [3.05, 3.63) is 54.6 Å². The Morgan fingerprint density at radius 2 is 2.19 bits per heavy atom. The van der Waals surface area contributed by atoms with Gasteiger partial charge >= 0.3 is 0 Å². The van der Waals surface area contributed by atoms with Crippen LogP contribution in [-0.2, 0) is 0 Å². The first-order valence-electron chi connectivity index (χ1n) is 5.86. The third-order valence-electron chi connectivity index (χ3n) is 2.12. The van der Waals surface area contributed by atoms with Crippen molar-refractivity contribution in [2.75, 3.05) is 0 Å². The quantitative estimate of drug-likeness (QED) is 0.716. The lowest BCUT2D eigenvalue weighted by Gasteiger charge is -2.07. The largest absolute Gasteiger partial charge is 0.198 e. The summed E-state index contributed by atoms with van der Waals surface area (Å²) < 4.78 is 14.9. The van der Waals surface area contributed by atoms with Gasteiger partial charge in [0.1, 0.15) is 0 Å². The second kappa shape index (κ2) is 6.22. The molecule has 0 bridgehead atoms. The van der Waals surface area contributed by atoms with Crippen LogP contribution >= 0.6 is 0 Å². The van der Waals surface area contributed by atoms with Crippen molar-refractivity contribution in [2.24, 2.45) is 5.92 Å². The van der Waals surface area contributed by atoms with E-state index in [-0.39, 0.29) is 13.0 Å². The molecule has 1 aromatic rings. The van der Waals surface area contributed by atoms with E-state index in [2.05, 4.69) is 6.07 Å². The molecule has 0 spiro atoms. The van der Waals surface area contributed by atoms with Crippen LogP contribution in [0.1, 0.15) is 14.7 Å². The lowest BCUT2D eigenvalue weighted by Crippen LogP contribution is -1.94. The first kappa shape index (κ1) is 8.95. The molecule has 0 amide bonds. The number of benzene rings is 1. The molecule has 0 saturated carbocycles. The number of rotatable bonds is 4. The summed E-state index contributed by atoms with van der Waals surface area (Å²) >= 11 is 0. The van der Waals surface area contributed by atoms with Crippen molar-refractivity contribution < 1.29 is 2.74 Å². The molecular weight excluding hydrogens is 196 g/mol. The SMILES string of the molecule is [2H]C([2H])=C(CC(C#N)/C=C/C#N)c1ccccc1. The molecule has 0 fully saturated rings. The van der Waals surface area contributed by atoms with Crippen LogP contribution in [0, 0.1) is 28.6 Å². The van der Waals surface area contributed by atoms with Gasteiger partial charge in [-0.25, -0.2) is 0 Å². The van der Waals surface area contributed by atoms with E-state index in [0.29, 0.717) is 5.57 Å². The first-order chi connectivity index (χ1) is 8.69. The fraction of sp³-hybridized carbons (Fsp3) is 0.143. The van der Waals surface area contributed by atoms with Crippen molar-refractivity contribution in [1.82, 2.24) is 0 Å². The number of hydrogen-bond donors (Lipinski definition) is 0. The van der Waals surface area contributed by atoms with Gasteiger partial charge in [-0.2, -0.15) is 10.5 Å². The molecule has 2 nitrogen and oxygen atoms in total. The van der Waals surface area contributed by atoms with Crippen LogP contribution in [0.15, 0.2) is 49.0 Å². The minimum Gasteiger partial charge on any atom is -0.198 e. The van der Waals surface area contributed by atoms with Gasteiger partial charge in [-0.15, -0.1) is 0 Å². The standard InChI is InChI=1S/C14H12N2/c1-12(14-7-3-2-4-8-14)10-13(11-16)6-5-9-15/h2-8,13H,1,10H2/b6-5+/i1D2. The monoisotopic (exact) mass is 210 g/mol. The minimum atomic E-state index is -0.495. The molecule has 0 N–H and O–H groups in total. The van der Waals surface area contributed by atoms with E-state index in [1.54, 1.807) is 12.1 Å². The highest BCUT2D eigenvalue weighted by molar-refractivity contribution is 5.63. The van der Waals surface area contributed by atoms with E-state index < -0.39 is 5.92 Å². The molecular formula is C14H12N2. The number of hydrogen-bond acceptors (Lipinski definition) is 2. The van der Waals surface area contributed by atoms with Gasteiger partial charge in [0.05, 0.1) is 20.8 Å². The molecule has 0 aromatic heterocycles. The highest BCUT2D eigenvalue weighted by atomic mass is 14.3. The maximum atomic E-state index is 8.97. The Balaban J connectivity index is 2.98. The summed E-state index contributed by atoms with van der Waals surface area (Å²) in [5.74, 6) is -0.495. The summed E-state index contributed by atoms with van der Waals surface area (Å²) in [6.07, 6.45) is 3.01. The zero-order chi connectivity index (χ0) is 13.4. The van der Waals surface area contributed by atoms with Gasteiger partial charge in [0.2, 0.25) is 0 Å². The molecule has 0 heterocycles. The van der Waals surface area contributed by atoms with Gasteiger partial charge in [-0.05, 0) is 17.6 Å². The van der Waals surface area contributed by atoms with Gasteiger partial charge in [0.15, 0.2) is 0 Å². The normalized spacial score (nSPS) is 13.1. The molecule has 0 aliphatic heterocycles. The summed E-state index contributed by atoms with van der Waals surface area (Å²) in [7, 11) is 0.